The van der Waals surface area contributed by atoms with Crippen LogP contribution >= 0.6 is 11.8 Å². The van der Waals surface area contributed by atoms with Crippen LogP contribution in [0.2, 0.25) is 0 Å². The van der Waals surface area contributed by atoms with E-state index < -0.39 is 0 Å². The van der Waals surface area contributed by atoms with Gasteiger partial charge in [0.25, 0.3) is 0 Å². The highest BCUT2D eigenvalue weighted by Gasteiger charge is 2.04. The van der Waals surface area contributed by atoms with Crippen molar-refractivity contribution in [1.29, 1.82) is 0 Å². The Balaban J connectivity index is 2.08. The molecule has 0 fully saturated rings. The zero-order chi connectivity index (χ0) is 13.9. The van der Waals surface area contributed by atoms with E-state index in [9.17, 15) is 0 Å². The number of aryl methyl sites for hydroxylation is 1. The minimum absolute atomic E-state index is 0.645. The molecule has 2 nitrogen and oxygen atoms in total. The van der Waals surface area contributed by atoms with Crippen molar-refractivity contribution in [3.63, 3.8) is 0 Å². The van der Waals surface area contributed by atoms with Crippen molar-refractivity contribution in [2.75, 3.05) is 26.3 Å². The molecule has 108 valence electrons. The summed E-state index contributed by atoms with van der Waals surface area (Å²) in [5.41, 5.74) is 2.85. The molecule has 0 aliphatic heterocycles. The lowest BCUT2D eigenvalue weighted by atomic mass is 10.1. The minimum Gasteiger partial charge on any atom is -0.382 e. The summed E-state index contributed by atoms with van der Waals surface area (Å²) in [4.78, 5) is 0. The Morgan fingerprint density at radius 1 is 1.32 bits per heavy atom. The normalized spacial score (nSPS) is 12.6. The number of hydrogen-bond donors (Lipinski definition) is 1. The fourth-order valence-corrected chi connectivity index (χ4v) is 2.84. The standard InChI is InChI=1S/C16H27NOS/c1-4-18-11-7-10-17-12-15(3)19-13-16-9-6-5-8-14(16)2/h5-6,8-9,15,17H,4,7,10-13H2,1-3H3. The zero-order valence-corrected chi connectivity index (χ0v) is 13.3. The quantitative estimate of drug-likeness (QED) is 0.662. The molecule has 0 bridgehead atoms. The second-order valence-electron chi connectivity index (χ2n) is 4.80. The van der Waals surface area contributed by atoms with E-state index in [1.807, 2.05) is 18.7 Å². The summed E-state index contributed by atoms with van der Waals surface area (Å²) in [7, 11) is 0. The Kier molecular flexibility index (Phi) is 8.97. The van der Waals surface area contributed by atoms with Crippen LogP contribution < -0.4 is 5.32 Å². The molecule has 1 aromatic rings. The van der Waals surface area contributed by atoms with Gasteiger partial charge in [-0.25, -0.2) is 0 Å². The highest BCUT2D eigenvalue weighted by Crippen LogP contribution is 2.19. The average molecular weight is 281 g/mol. The molecule has 0 radical (unpaired) electrons. The molecule has 0 amide bonds. The Bertz CT molecular complexity index is 343. The van der Waals surface area contributed by atoms with Gasteiger partial charge in [-0.05, 0) is 37.9 Å². The number of ether oxygens (including phenoxy) is 1. The van der Waals surface area contributed by atoms with Crippen LogP contribution in [0.4, 0.5) is 0 Å². The third-order valence-corrected chi connectivity index (χ3v) is 4.28. The van der Waals surface area contributed by atoms with Gasteiger partial charge in [0.2, 0.25) is 0 Å². The first kappa shape index (κ1) is 16.5. The van der Waals surface area contributed by atoms with E-state index in [4.69, 9.17) is 4.74 Å². The molecule has 0 aliphatic rings. The van der Waals surface area contributed by atoms with Crippen molar-refractivity contribution in [1.82, 2.24) is 5.32 Å². The molecule has 0 saturated heterocycles. The van der Waals surface area contributed by atoms with E-state index in [2.05, 4.69) is 43.4 Å². The van der Waals surface area contributed by atoms with Crippen molar-refractivity contribution in [3.8, 4) is 0 Å². The second kappa shape index (κ2) is 10.3. The number of benzene rings is 1. The summed E-state index contributed by atoms with van der Waals surface area (Å²) in [6.45, 7) is 10.3. The molecule has 0 aromatic heterocycles. The van der Waals surface area contributed by atoms with Crippen LogP contribution in [0.3, 0.4) is 0 Å². The van der Waals surface area contributed by atoms with Gasteiger partial charge in [0.1, 0.15) is 0 Å². The van der Waals surface area contributed by atoms with Crippen molar-refractivity contribution >= 4 is 11.8 Å². The molecule has 3 heteroatoms. The monoisotopic (exact) mass is 281 g/mol. The summed E-state index contributed by atoms with van der Waals surface area (Å²) in [6, 6.07) is 8.64. The van der Waals surface area contributed by atoms with Crippen molar-refractivity contribution in [2.45, 2.75) is 38.2 Å². The summed E-state index contributed by atoms with van der Waals surface area (Å²) in [5.74, 6) is 1.11. The highest BCUT2D eigenvalue weighted by atomic mass is 32.2. The first-order valence-electron chi connectivity index (χ1n) is 7.18. The second-order valence-corrected chi connectivity index (χ2v) is 6.23. The van der Waals surface area contributed by atoms with Crippen LogP contribution in [0.25, 0.3) is 0 Å². The highest BCUT2D eigenvalue weighted by molar-refractivity contribution is 7.99. The SMILES string of the molecule is CCOCCCNCC(C)SCc1ccccc1C. The van der Waals surface area contributed by atoms with E-state index in [0.29, 0.717) is 5.25 Å². The van der Waals surface area contributed by atoms with Gasteiger partial charge in [0.05, 0.1) is 0 Å². The first-order chi connectivity index (χ1) is 9.24. The Labute approximate surface area is 122 Å². The number of nitrogens with one attached hydrogen (secondary N) is 1. The number of thioether (sulfide) groups is 1. The smallest absolute Gasteiger partial charge is 0.0477 e. The van der Waals surface area contributed by atoms with Gasteiger partial charge < -0.3 is 10.1 Å². The maximum absolute atomic E-state index is 5.31. The summed E-state index contributed by atoms with van der Waals surface area (Å²) in [6.07, 6.45) is 1.10. The molecule has 1 rings (SSSR count). The molecule has 1 aromatic carbocycles. The third-order valence-electron chi connectivity index (χ3n) is 3.06. The number of hydrogen-bond acceptors (Lipinski definition) is 3. The van der Waals surface area contributed by atoms with Crippen molar-refractivity contribution in [2.24, 2.45) is 0 Å². The van der Waals surface area contributed by atoms with E-state index in [-0.39, 0.29) is 0 Å². The Morgan fingerprint density at radius 2 is 2.11 bits per heavy atom. The summed E-state index contributed by atoms with van der Waals surface area (Å²) >= 11 is 2.02. The fraction of sp³-hybridized carbons (Fsp3) is 0.625. The minimum atomic E-state index is 0.645. The maximum atomic E-state index is 5.31. The molecule has 1 N–H and O–H groups in total. The van der Waals surface area contributed by atoms with Gasteiger partial charge in [-0.15, -0.1) is 0 Å². The van der Waals surface area contributed by atoms with E-state index in [1.54, 1.807) is 0 Å². The maximum Gasteiger partial charge on any atom is 0.0477 e. The summed E-state index contributed by atoms with van der Waals surface area (Å²) in [5, 5.41) is 4.14. The first-order valence-corrected chi connectivity index (χ1v) is 8.23. The Hall–Kier alpha value is -0.510. The molecular formula is C16H27NOS. The zero-order valence-electron chi connectivity index (χ0n) is 12.4. The predicted molar refractivity (Wildman–Crippen MR) is 85.9 cm³/mol. The molecular weight excluding hydrogens is 254 g/mol. The van der Waals surface area contributed by atoms with Gasteiger partial charge >= 0.3 is 0 Å². The van der Waals surface area contributed by atoms with Crippen LogP contribution in [0.1, 0.15) is 31.4 Å². The molecule has 0 heterocycles. The molecule has 19 heavy (non-hydrogen) atoms. The van der Waals surface area contributed by atoms with Gasteiger partial charge in [0.15, 0.2) is 0 Å². The molecule has 1 atom stereocenters. The van der Waals surface area contributed by atoms with E-state index in [1.165, 1.54) is 11.1 Å². The lowest BCUT2D eigenvalue weighted by Crippen LogP contribution is -2.24. The van der Waals surface area contributed by atoms with Gasteiger partial charge in [-0.2, -0.15) is 11.8 Å². The van der Waals surface area contributed by atoms with Crippen LogP contribution in [0.5, 0.6) is 0 Å². The van der Waals surface area contributed by atoms with Gasteiger partial charge in [-0.3, -0.25) is 0 Å². The fourth-order valence-electron chi connectivity index (χ4n) is 1.81. The number of rotatable bonds is 10. The topological polar surface area (TPSA) is 21.3 Å². The molecule has 0 saturated carbocycles. The van der Waals surface area contributed by atoms with E-state index in [0.717, 1.165) is 38.5 Å². The average Bonchev–Trinajstić information content (AvgIpc) is 2.42. The summed E-state index contributed by atoms with van der Waals surface area (Å²) < 4.78 is 5.31. The van der Waals surface area contributed by atoms with Crippen molar-refractivity contribution < 1.29 is 4.74 Å². The van der Waals surface area contributed by atoms with Crippen molar-refractivity contribution in [3.05, 3.63) is 35.4 Å². The molecule has 1 unspecified atom stereocenters. The molecule has 0 spiro atoms. The molecule has 0 aliphatic carbocycles. The predicted octanol–water partition coefficient (Wildman–Crippen LogP) is 3.63. The third kappa shape index (κ3) is 7.61. The van der Waals surface area contributed by atoms with Crippen LogP contribution in [-0.4, -0.2) is 31.6 Å². The van der Waals surface area contributed by atoms with Crippen LogP contribution in [-0.2, 0) is 10.5 Å². The van der Waals surface area contributed by atoms with Crippen LogP contribution in [0, 0.1) is 6.92 Å². The van der Waals surface area contributed by atoms with Gasteiger partial charge in [-0.1, -0.05) is 31.2 Å². The van der Waals surface area contributed by atoms with Crippen LogP contribution in [0.15, 0.2) is 24.3 Å². The largest absolute Gasteiger partial charge is 0.382 e. The lowest BCUT2D eigenvalue weighted by molar-refractivity contribution is 0.145. The van der Waals surface area contributed by atoms with Gasteiger partial charge in [0, 0.05) is 30.8 Å². The Morgan fingerprint density at radius 3 is 2.84 bits per heavy atom. The lowest BCUT2D eigenvalue weighted by Gasteiger charge is -2.13. The van der Waals surface area contributed by atoms with E-state index >= 15 is 0 Å².